The minimum Gasteiger partial charge on any atom is -0.351 e. The number of nitrogens with zero attached hydrogens (tertiary/aromatic N) is 1. The zero-order chi connectivity index (χ0) is 15.5. The molecule has 0 heterocycles. The molecule has 0 aromatic heterocycles. The van der Waals surface area contributed by atoms with Crippen LogP contribution in [0.15, 0.2) is 0 Å². The number of alkyl halides is 6. The second-order valence-electron chi connectivity index (χ2n) is 5.74. The summed E-state index contributed by atoms with van der Waals surface area (Å²) < 4.78 is 75.3. The molecule has 0 bridgehead atoms. The lowest BCUT2D eigenvalue weighted by atomic mass is 10.5. The van der Waals surface area contributed by atoms with Crippen LogP contribution in [0.25, 0.3) is 0 Å². The fourth-order valence-corrected chi connectivity index (χ4v) is 9.28. The van der Waals surface area contributed by atoms with Crippen molar-refractivity contribution in [3.8, 4) is 0 Å². The Bertz CT molecular complexity index is 253. The Morgan fingerprint density at radius 2 is 1.16 bits per heavy atom. The average molecular weight is 325 g/mol. The molecule has 0 aliphatic heterocycles. The Morgan fingerprint density at radius 3 is 1.37 bits per heavy atom. The molecule has 0 spiro atoms. The quantitative estimate of drug-likeness (QED) is 0.517. The molecule has 0 unspecified atom stereocenters. The summed E-state index contributed by atoms with van der Waals surface area (Å²) in [5, 5.41) is 0. The van der Waals surface area contributed by atoms with Gasteiger partial charge in [-0.25, -0.2) is 0 Å². The highest BCUT2D eigenvalue weighted by Crippen LogP contribution is 2.29. The van der Waals surface area contributed by atoms with Crippen molar-refractivity contribution in [2.24, 2.45) is 0 Å². The Kier molecular flexibility index (Phi) is 6.61. The summed E-state index contributed by atoms with van der Waals surface area (Å²) in [4.78, 5) is 0. The van der Waals surface area contributed by atoms with Gasteiger partial charge in [-0.05, 0) is 19.1 Å². The molecule has 0 saturated carbocycles. The van der Waals surface area contributed by atoms with Crippen molar-refractivity contribution in [1.82, 2.24) is 4.23 Å². The molecule has 19 heavy (non-hydrogen) atoms. The molecule has 1 nitrogen and oxygen atoms in total. The molecular formula is C10H21F6NSi2. The molecular weight excluding hydrogens is 304 g/mol. The van der Waals surface area contributed by atoms with Gasteiger partial charge < -0.3 is 4.23 Å². The first-order chi connectivity index (χ1) is 8.22. The van der Waals surface area contributed by atoms with Gasteiger partial charge in [-0.1, -0.05) is 19.6 Å². The third-order valence-electron chi connectivity index (χ3n) is 3.13. The second-order valence-corrected chi connectivity index (χ2v) is 14.5. The van der Waals surface area contributed by atoms with Crippen molar-refractivity contribution < 1.29 is 26.3 Å². The lowest BCUT2D eigenvalue weighted by molar-refractivity contribution is -0.131. The van der Waals surface area contributed by atoms with Gasteiger partial charge >= 0.3 is 12.4 Å². The molecule has 0 rings (SSSR count). The van der Waals surface area contributed by atoms with Crippen LogP contribution in [-0.2, 0) is 0 Å². The maximum absolute atomic E-state index is 12.2. The van der Waals surface area contributed by atoms with Crippen molar-refractivity contribution in [3.05, 3.63) is 0 Å². The van der Waals surface area contributed by atoms with E-state index in [9.17, 15) is 26.3 Å². The second kappa shape index (κ2) is 6.62. The molecule has 116 valence electrons. The highest BCUT2D eigenvalue weighted by molar-refractivity contribution is 6.83. The van der Waals surface area contributed by atoms with Crippen LogP contribution in [0.3, 0.4) is 0 Å². The Hall–Kier alpha value is -0.0262. The Balaban J connectivity index is 4.65. The molecule has 0 saturated heterocycles. The van der Waals surface area contributed by atoms with Crippen molar-refractivity contribution in [2.45, 2.75) is 56.9 Å². The van der Waals surface area contributed by atoms with E-state index in [1.54, 1.807) is 7.05 Å². The smallest absolute Gasteiger partial charge is 0.351 e. The van der Waals surface area contributed by atoms with Gasteiger partial charge in [0, 0.05) is 12.8 Å². The van der Waals surface area contributed by atoms with Gasteiger partial charge in [-0.3, -0.25) is 0 Å². The summed E-state index contributed by atoms with van der Waals surface area (Å²) in [6.07, 6.45) is -10.5. The normalized spacial score (nSPS) is 14.5. The van der Waals surface area contributed by atoms with E-state index < -0.39 is 42.4 Å². The van der Waals surface area contributed by atoms with Gasteiger partial charge in [0.15, 0.2) is 0 Å². The standard InChI is InChI=1S/C10H21F6NSi2/c1-17(19(2,3)4)18(7-5-9(11,12)13)8-6-10(14,15)16/h18H,5-8H2,1-4H3. The van der Waals surface area contributed by atoms with E-state index in [1.165, 1.54) is 0 Å². The molecule has 0 radical (unpaired) electrons. The zero-order valence-corrected chi connectivity index (χ0v) is 13.8. The molecule has 0 amide bonds. The number of halogens is 6. The van der Waals surface area contributed by atoms with E-state index >= 15 is 0 Å². The van der Waals surface area contributed by atoms with Crippen LogP contribution < -0.4 is 0 Å². The average Bonchev–Trinajstić information content (AvgIpc) is 2.12. The first-order valence-electron chi connectivity index (χ1n) is 6.09. The van der Waals surface area contributed by atoms with Gasteiger partial charge in [0.05, 0.1) is 0 Å². The summed E-state index contributed by atoms with van der Waals surface area (Å²) in [5.41, 5.74) is 0. The van der Waals surface area contributed by atoms with Crippen LogP contribution in [-0.4, -0.2) is 40.8 Å². The number of rotatable bonds is 6. The van der Waals surface area contributed by atoms with E-state index in [-0.39, 0.29) is 12.1 Å². The third-order valence-corrected chi connectivity index (χ3v) is 11.7. The maximum atomic E-state index is 12.2. The van der Waals surface area contributed by atoms with Gasteiger partial charge in [0.1, 0.15) is 17.2 Å². The predicted molar refractivity (Wildman–Crippen MR) is 69.2 cm³/mol. The summed E-state index contributed by atoms with van der Waals surface area (Å²) in [6, 6.07) is -0.277. The summed E-state index contributed by atoms with van der Waals surface area (Å²) >= 11 is 0. The summed E-state index contributed by atoms with van der Waals surface area (Å²) in [7, 11) is -2.36. The van der Waals surface area contributed by atoms with Gasteiger partial charge in [0.25, 0.3) is 0 Å². The van der Waals surface area contributed by atoms with E-state index in [0.29, 0.717) is 0 Å². The monoisotopic (exact) mass is 325 g/mol. The van der Waals surface area contributed by atoms with Crippen molar-refractivity contribution >= 4 is 17.2 Å². The summed E-state index contributed by atoms with van der Waals surface area (Å²) in [5.74, 6) is 0. The minimum absolute atomic E-state index is 0.139. The highest BCUT2D eigenvalue weighted by atomic mass is 28.4. The van der Waals surface area contributed by atoms with E-state index in [1.807, 2.05) is 23.9 Å². The van der Waals surface area contributed by atoms with E-state index in [2.05, 4.69) is 0 Å². The molecule has 0 N–H and O–H groups in total. The number of hydrogen-bond acceptors (Lipinski definition) is 1. The van der Waals surface area contributed by atoms with E-state index in [4.69, 9.17) is 0 Å². The first kappa shape index (κ1) is 19.0. The van der Waals surface area contributed by atoms with Crippen molar-refractivity contribution in [3.63, 3.8) is 0 Å². The SMILES string of the molecule is CN([SiH](CCC(F)(F)F)CCC(F)(F)F)[Si](C)(C)C. The van der Waals surface area contributed by atoms with Gasteiger partial charge in [-0.2, -0.15) is 26.3 Å². The molecule has 0 aliphatic carbocycles. The van der Waals surface area contributed by atoms with Gasteiger partial charge in [-0.15, -0.1) is 0 Å². The van der Waals surface area contributed by atoms with Crippen LogP contribution in [0.5, 0.6) is 0 Å². The minimum atomic E-state index is -4.29. The fourth-order valence-electron chi connectivity index (χ4n) is 1.74. The number of hydrogen-bond donors (Lipinski definition) is 0. The fraction of sp³-hybridized carbons (Fsp3) is 1.00. The maximum Gasteiger partial charge on any atom is 0.388 e. The zero-order valence-electron chi connectivity index (χ0n) is 11.6. The van der Waals surface area contributed by atoms with E-state index in [0.717, 1.165) is 0 Å². The van der Waals surface area contributed by atoms with Crippen LogP contribution in [0.1, 0.15) is 12.8 Å². The Labute approximate surface area is 112 Å². The molecule has 9 heteroatoms. The van der Waals surface area contributed by atoms with Crippen molar-refractivity contribution in [1.29, 1.82) is 0 Å². The highest BCUT2D eigenvalue weighted by Gasteiger charge is 2.36. The predicted octanol–water partition coefficient (Wildman–Crippen LogP) is 4.38. The molecule has 0 aromatic carbocycles. The third kappa shape index (κ3) is 9.50. The Morgan fingerprint density at radius 1 is 0.842 bits per heavy atom. The largest absolute Gasteiger partial charge is 0.388 e. The van der Waals surface area contributed by atoms with Crippen LogP contribution in [0.2, 0.25) is 31.7 Å². The lowest BCUT2D eigenvalue weighted by Crippen LogP contribution is -2.52. The van der Waals surface area contributed by atoms with Crippen LogP contribution >= 0.6 is 0 Å². The topological polar surface area (TPSA) is 3.24 Å². The molecule has 0 aromatic rings. The molecule has 0 aliphatic rings. The van der Waals surface area contributed by atoms with Crippen LogP contribution in [0, 0.1) is 0 Å². The lowest BCUT2D eigenvalue weighted by Gasteiger charge is -2.37. The van der Waals surface area contributed by atoms with Gasteiger partial charge in [0.2, 0.25) is 0 Å². The van der Waals surface area contributed by atoms with Crippen LogP contribution in [0.4, 0.5) is 26.3 Å². The summed E-state index contributed by atoms with van der Waals surface area (Å²) in [6.45, 7) is 5.82. The molecule has 0 atom stereocenters. The first-order valence-corrected chi connectivity index (χ1v) is 11.7. The molecule has 0 fully saturated rings. The van der Waals surface area contributed by atoms with Crippen molar-refractivity contribution in [2.75, 3.05) is 7.05 Å².